The predicted molar refractivity (Wildman–Crippen MR) is 115 cm³/mol. The van der Waals surface area contributed by atoms with Crippen molar-refractivity contribution in [2.24, 2.45) is 0 Å². The summed E-state index contributed by atoms with van der Waals surface area (Å²) in [6.07, 6.45) is 3.79. The van der Waals surface area contributed by atoms with E-state index in [-0.39, 0.29) is 12.2 Å². The molecule has 6 nitrogen and oxygen atoms in total. The molecule has 8 heteroatoms. The molecule has 0 fully saturated rings. The number of aromatic nitrogens is 2. The van der Waals surface area contributed by atoms with Crippen LogP contribution in [0.15, 0.2) is 42.7 Å². The molecule has 3 heterocycles. The third-order valence-corrected chi connectivity index (χ3v) is 6.69. The van der Waals surface area contributed by atoms with Crippen LogP contribution in [-0.2, 0) is 6.42 Å². The number of methoxy groups -OCH3 is 3. The minimum absolute atomic E-state index is 0.0512. The van der Waals surface area contributed by atoms with Crippen molar-refractivity contribution in [2.45, 2.75) is 6.42 Å². The Bertz CT molecular complexity index is 1150. The normalized spacial score (nSPS) is 10.9. The SMILES string of the molecule is COc1ccc(C(=O)Cc2ccc(-c3nc4cnccc4s3)s2)c(OC)c1OC. The first-order valence-corrected chi connectivity index (χ1v) is 10.4. The molecule has 0 saturated heterocycles. The van der Waals surface area contributed by atoms with Gasteiger partial charge in [-0.1, -0.05) is 0 Å². The first-order chi connectivity index (χ1) is 14.1. The number of carbonyl (C=O) groups excluding carboxylic acids is 1. The maximum Gasteiger partial charge on any atom is 0.204 e. The van der Waals surface area contributed by atoms with E-state index >= 15 is 0 Å². The van der Waals surface area contributed by atoms with E-state index in [0.29, 0.717) is 22.8 Å². The van der Waals surface area contributed by atoms with E-state index in [1.165, 1.54) is 14.2 Å². The number of thiophene rings is 1. The van der Waals surface area contributed by atoms with Gasteiger partial charge in [-0.05, 0) is 30.3 Å². The van der Waals surface area contributed by atoms with Crippen LogP contribution in [0.25, 0.3) is 20.1 Å². The number of pyridine rings is 1. The molecule has 0 aliphatic rings. The largest absolute Gasteiger partial charge is 0.493 e. The van der Waals surface area contributed by atoms with E-state index in [1.54, 1.807) is 54.3 Å². The standard InChI is InChI=1S/C21H18N2O4S2/c1-25-16-6-5-13(19(26-2)20(16)27-3)15(24)10-12-4-7-18(28-12)21-23-14-11-22-9-8-17(14)29-21/h4-9,11H,10H2,1-3H3. The Labute approximate surface area is 175 Å². The van der Waals surface area contributed by atoms with Crippen LogP contribution in [0, 0.1) is 0 Å². The summed E-state index contributed by atoms with van der Waals surface area (Å²) in [5.74, 6) is 1.26. The molecule has 148 valence electrons. The zero-order chi connectivity index (χ0) is 20.4. The Hall–Kier alpha value is -2.97. The minimum Gasteiger partial charge on any atom is -0.493 e. The fraction of sp³-hybridized carbons (Fsp3) is 0.190. The molecule has 0 unspecified atom stereocenters. The summed E-state index contributed by atoms with van der Waals surface area (Å²) in [4.78, 5) is 23.7. The summed E-state index contributed by atoms with van der Waals surface area (Å²) < 4.78 is 17.2. The maximum absolute atomic E-state index is 13.0. The topological polar surface area (TPSA) is 70.5 Å². The van der Waals surface area contributed by atoms with Crippen molar-refractivity contribution in [3.63, 3.8) is 0 Å². The summed E-state index contributed by atoms with van der Waals surface area (Å²) in [7, 11) is 4.58. The number of ether oxygens (including phenoxy) is 3. The highest BCUT2D eigenvalue weighted by molar-refractivity contribution is 7.25. The van der Waals surface area contributed by atoms with Crippen molar-refractivity contribution in [1.82, 2.24) is 9.97 Å². The Kier molecular flexibility index (Phi) is 5.46. The van der Waals surface area contributed by atoms with E-state index in [0.717, 1.165) is 25.0 Å². The van der Waals surface area contributed by atoms with Crippen molar-refractivity contribution in [3.8, 4) is 27.1 Å². The lowest BCUT2D eigenvalue weighted by Gasteiger charge is -2.14. The molecular weight excluding hydrogens is 408 g/mol. The van der Waals surface area contributed by atoms with Gasteiger partial charge in [0.05, 0.1) is 42.7 Å². The fourth-order valence-corrected chi connectivity index (χ4v) is 5.04. The third kappa shape index (κ3) is 3.68. The minimum atomic E-state index is -0.0512. The molecule has 1 aromatic carbocycles. The van der Waals surface area contributed by atoms with Crippen LogP contribution in [0.1, 0.15) is 15.2 Å². The van der Waals surface area contributed by atoms with Gasteiger partial charge in [0.1, 0.15) is 10.5 Å². The summed E-state index contributed by atoms with van der Waals surface area (Å²) >= 11 is 3.18. The average Bonchev–Trinajstić information content (AvgIpc) is 3.38. The highest BCUT2D eigenvalue weighted by Crippen LogP contribution is 2.40. The summed E-state index contributed by atoms with van der Waals surface area (Å²) in [6.45, 7) is 0. The Morgan fingerprint density at radius 1 is 0.966 bits per heavy atom. The van der Waals surface area contributed by atoms with E-state index in [4.69, 9.17) is 14.2 Å². The van der Waals surface area contributed by atoms with Gasteiger partial charge in [-0.3, -0.25) is 9.78 Å². The number of carbonyl (C=O) groups is 1. The monoisotopic (exact) mass is 426 g/mol. The molecule has 0 bridgehead atoms. The molecule has 0 aliphatic carbocycles. The molecule has 0 radical (unpaired) electrons. The molecule has 0 aliphatic heterocycles. The second-order valence-electron chi connectivity index (χ2n) is 6.11. The first kappa shape index (κ1) is 19.4. The van der Waals surface area contributed by atoms with E-state index < -0.39 is 0 Å². The fourth-order valence-electron chi connectivity index (χ4n) is 3.05. The van der Waals surface area contributed by atoms with Gasteiger partial charge < -0.3 is 14.2 Å². The van der Waals surface area contributed by atoms with Crippen LogP contribution in [-0.4, -0.2) is 37.1 Å². The quantitative estimate of drug-likeness (QED) is 0.393. The average molecular weight is 427 g/mol. The van der Waals surface area contributed by atoms with Gasteiger partial charge in [-0.15, -0.1) is 22.7 Å². The van der Waals surface area contributed by atoms with Crippen molar-refractivity contribution in [1.29, 1.82) is 0 Å². The van der Waals surface area contributed by atoms with Crippen LogP contribution in [0.2, 0.25) is 0 Å². The molecule has 4 rings (SSSR count). The molecule has 4 aromatic rings. The van der Waals surface area contributed by atoms with Crippen LogP contribution in [0.4, 0.5) is 0 Å². The van der Waals surface area contributed by atoms with Crippen LogP contribution < -0.4 is 14.2 Å². The van der Waals surface area contributed by atoms with E-state index in [1.807, 2.05) is 18.2 Å². The molecular formula is C21H18N2O4S2. The van der Waals surface area contributed by atoms with Crippen LogP contribution >= 0.6 is 22.7 Å². The second kappa shape index (κ2) is 8.18. The zero-order valence-electron chi connectivity index (χ0n) is 16.1. The second-order valence-corrected chi connectivity index (χ2v) is 8.31. The number of fused-ring (bicyclic) bond motifs is 1. The molecule has 0 N–H and O–H groups in total. The molecule has 0 saturated carbocycles. The molecule has 0 atom stereocenters. The Morgan fingerprint density at radius 2 is 1.79 bits per heavy atom. The van der Waals surface area contributed by atoms with Crippen molar-refractivity contribution < 1.29 is 19.0 Å². The number of hydrogen-bond donors (Lipinski definition) is 0. The molecule has 3 aromatic heterocycles. The Balaban J connectivity index is 1.60. The zero-order valence-corrected chi connectivity index (χ0v) is 17.7. The van der Waals surface area contributed by atoms with Crippen molar-refractivity contribution in [2.75, 3.05) is 21.3 Å². The number of ketones is 1. The van der Waals surface area contributed by atoms with Gasteiger partial charge in [0, 0.05) is 17.5 Å². The predicted octanol–water partition coefficient (Wildman–Crippen LogP) is 4.87. The summed E-state index contributed by atoms with van der Waals surface area (Å²) in [5.41, 5.74) is 1.35. The third-order valence-electron chi connectivity index (χ3n) is 4.40. The van der Waals surface area contributed by atoms with Gasteiger partial charge >= 0.3 is 0 Å². The molecule has 29 heavy (non-hydrogen) atoms. The number of rotatable bonds is 7. The molecule has 0 spiro atoms. The number of benzene rings is 1. The van der Waals surface area contributed by atoms with E-state index in [2.05, 4.69) is 9.97 Å². The van der Waals surface area contributed by atoms with Gasteiger partial charge in [-0.25, -0.2) is 4.98 Å². The Morgan fingerprint density at radius 3 is 2.52 bits per heavy atom. The van der Waals surface area contributed by atoms with Crippen LogP contribution in [0.3, 0.4) is 0 Å². The first-order valence-electron chi connectivity index (χ1n) is 8.76. The number of hydrogen-bond acceptors (Lipinski definition) is 8. The van der Waals surface area contributed by atoms with Crippen LogP contribution in [0.5, 0.6) is 17.2 Å². The van der Waals surface area contributed by atoms with Gasteiger partial charge in [0.15, 0.2) is 17.3 Å². The van der Waals surface area contributed by atoms with Crippen molar-refractivity contribution >= 4 is 38.7 Å². The number of nitrogens with zero attached hydrogens (tertiary/aromatic N) is 2. The van der Waals surface area contributed by atoms with E-state index in [9.17, 15) is 4.79 Å². The smallest absolute Gasteiger partial charge is 0.204 e. The lowest BCUT2D eigenvalue weighted by Crippen LogP contribution is -2.07. The summed E-state index contributed by atoms with van der Waals surface area (Å²) in [6, 6.07) is 9.35. The summed E-state index contributed by atoms with van der Waals surface area (Å²) in [5, 5.41) is 0.931. The lowest BCUT2D eigenvalue weighted by atomic mass is 10.1. The number of thiazole rings is 1. The van der Waals surface area contributed by atoms with Gasteiger partial charge in [0.2, 0.25) is 5.75 Å². The highest BCUT2D eigenvalue weighted by Gasteiger charge is 2.21. The van der Waals surface area contributed by atoms with Crippen molar-refractivity contribution in [3.05, 3.63) is 53.2 Å². The van der Waals surface area contributed by atoms with Gasteiger partial charge in [-0.2, -0.15) is 0 Å². The molecule has 0 amide bonds. The highest BCUT2D eigenvalue weighted by atomic mass is 32.1. The van der Waals surface area contributed by atoms with Gasteiger partial charge in [0.25, 0.3) is 0 Å². The number of Topliss-reactive ketones (excluding diaryl/α,β-unsaturated/α-hetero) is 1. The maximum atomic E-state index is 13.0. The lowest BCUT2D eigenvalue weighted by molar-refractivity contribution is 0.0990.